The first-order valence-electron chi connectivity index (χ1n) is 16.3. The number of ether oxygens (including phenoxy) is 2. The molecule has 6 N–H and O–H groups in total. The van der Waals surface area contributed by atoms with Gasteiger partial charge in [0, 0.05) is 62.4 Å². The van der Waals surface area contributed by atoms with Gasteiger partial charge in [-0.25, -0.2) is 4.99 Å². The van der Waals surface area contributed by atoms with Crippen molar-refractivity contribution in [3.8, 4) is 0 Å². The highest BCUT2D eigenvalue weighted by Gasteiger charge is 2.51. The molecule has 2 aromatic rings. The zero-order chi connectivity index (χ0) is 33.1. The van der Waals surface area contributed by atoms with Crippen molar-refractivity contribution in [3.63, 3.8) is 0 Å². The highest BCUT2D eigenvalue weighted by atomic mass is 16.7. The lowest BCUT2D eigenvalue weighted by atomic mass is 9.92. The second-order valence-electron chi connectivity index (χ2n) is 12.6. The molecule has 0 bridgehead atoms. The van der Waals surface area contributed by atoms with Crippen LogP contribution < -0.4 is 16.8 Å². The van der Waals surface area contributed by atoms with Crippen molar-refractivity contribution in [1.29, 1.82) is 0 Å². The third kappa shape index (κ3) is 6.93. The summed E-state index contributed by atoms with van der Waals surface area (Å²) >= 11 is 0. The molecule has 4 heterocycles. The molecule has 3 aliphatic heterocycles. The summed E-state index contributed by atoms with van der Waals surface area (Å²) in [6.07, 6.45) is 5.97. The third-order valence-electron chi connectivity index (χ3n) is 9.28. The topological polar surface area (TPSA) is 186 Å². The predicted molar refractivity (Wildman–Crippen MR) is 175 cm³/mol. The lowest BCUT2D eigenvalue weighted by Crippen LogP contribution is -2.47. The number of hydrogen-bond donors (Lipinski definition) is 4. The number of aliphatic hydroxyl groups excluding tert-OH is 1. The van der Waals surface area contributed by atoms with Crippen molar-refractivity contribution in [3.05, 3.63) is 58.4 Å². The highest BCUT2D eigenvalue weighted by Crippen LogP contribution is 2.50. The molecule has 1 aromatic heterocycles. The van der Waals surface area contributed by atoms with Crippen LogP contribution in [0.3, 0.4) is 0 Å². The summed E-state index contributed by atoms with van der Waals surface area (Å²) in [5, 5.41) is 12.5. The summed E-state index contributed by atoms with van der Waals surface area (Å²) in [4.78, 5) is 52.8. The van der Waals surface area contributed by atoms with E-state index in [0.717, 1.165) is 28.8 Å². The van der Waals surface area contributed by atoms with E-state index in [1.165, 1.54) is 0 Å². The van der Waals surface area contributed by atoms with Gasteiger partial charge in [0.25, 0.3) is 0 Å². The number of nitrogens with one attached hydrogen (secondary N) is 1. The molecular formula is C34H43N7O6. The number of amidine groups is 1. The van der Waals surface area contributed by atoms with E-state index in [9.17, 15) is 19.5 Å². The van der Waals surface area contributed by atoms with Crippen molar-refractivity contribution in [2.45, 2.75) is 57.3 Å². The number of carbonyl (C=O) groups is 3. The van der Waals surface area contributed by atoms with Gasteiger partial charge in [0.15, 0.2) is 6.29 Å². The monoisotopic (exact) mass is 645 g/mol. The Morgan fingerprint density at radius 2 is 1.96 bits per heavy atom. The molecule has 1 saturated heterocycles. The number of fused-ring (bicyclic) bond motifs is 2. The normalized spacial score (nSPS) is 21.4. The SMILES string of the molecule is CCCN(CCO)C(=O)C1=Cc2ccc(C3(C(=O)Nc4cnc5c(c4)CN(C(=O)C4COC(CN)OC4)CC5)CC3)cc2N=C(N)C1. The maximum Gasteiger partial charge on any atom is 0.250 e. The minimum absolute atomic E-state index is 0.0289. The van der Waals surface area contributed by atoms with E-state index < -0.39 is 11.7 Å². The van der Waals surface area contributed by atoms with Gasteiger partial charge in [-0.3, -0.25) is 19.4 Å². The lowest BCUT2D eigenvalue weighted by Gasteiger charge is -2.34. The van der Waals surface area contributed by atoms with Crippen molar-refractivity contribution < 1.29 is 29.0 Å². The Bertz CT molecular complexity index is 1590. The smallest absolute Gasteiger partial charge is 0.250 e. The van der Waals surface area contributed by atoms with Gasteiger partial charge in [0.2, 0.25) is 17.7 Å². The Hall–Kier alpha value is -4.17. The molecule has 13 nitrogen and oxygen atoms in total. The molecule has 0 spiro atoms. The van der Waals surface area contributed by atoms with Crippen LogP contribution in [0.4, 0.5) is 11.4 Å². The largest absolute Gasteiger partial charge is 0.395 e. The van der Waals surface area contributed by atoms with E-state index in [2.05, 4.69) is 15.3 Å². The fourth-order valence-corrected chi connectivity index (χ4v) is 6.52. The van der Waals surface area contributed by atoms with Crippen molar-refractivity contribution in [1.82, 2.24) is 14.8 Å². The van der Waals surface area contributed by atoms with Crippen LogP contribution in [0.5, 0.6) is 0 Å². The number of aliphatic hydroxyl groups is 1. The Kier molecular flexibility index (Phi) is 9.69. The first kappa shape index (κ1) is 32.8. The molecule has 4 aliphatic rings. The molecule has 1 aromatic carbocycles. The fraction of sp³-hybridized carbons (Fsp3) is 0.500. The van der Waals surface area contributed by atoms with E-state index in [0.29, 0.717) is 61.7 Å². The average molecular weight is 646 g/mol. The minimum Gasteiger partial charge on any atom is -0.395 e. The first-order valence-corrected chi connectivity index (χ1v) is 16.3. The zero-order valence-electron chi connectivity index (χ0n) is 26.7. The Balaban J connectivity index is 1.15. The van der Waals surface area contributed by atoms with Gasteiger partial charge in [-0.05, 0) is 48.6 Å². The minimum atomic E-state index is -0.715. The number of pyridine rings is 1. The van der Waals surface area contributed by atoms with Crippen molar-refractivity contribution in [2.75, 3.05) is 51.3 Å². The molecule has 1 saturated carbocycles. The summed E-state index contributed by atoms with van der Waals surface area (Å²) in [5.41, 5.74) is 16.2. The molecule has 6 rings (SSSR count). The number of anilines is 1. The Morgan fingerprint density at radius 3 is 2.66 bits per heavy atom. The molecule has 47 heavy (non-hydrogen) atoms. The van der Waals surface area contributed by atoms with Crippen LogP contribution in [-0.2, 0) is 42.2 Å². The second kappa shape index (κ2) is 13.9. The predicted octanol–water partition coefficient (Wildman–Crippen LogP) is 1.59. The first-order chi connectivity index (χ1) is 22.7. The van der Waals surface area contributed by atoms with Crippen LogP contribution in [-0.4, -0.2) is 95.7 Å². The van der Waals surface area contributed by atoms with Gasteiger partial charge in [-0.1, -0.05) is 19.1 Å². The zero-order valence-corrected chi connectivity index (χ0v) is 26.7. The van der Waals surface area contributed by atoms with Gasteiger partial charge in [0.1, 0.15) is 5.84 Å². The Morgan fingerprint density at radius 1 is 1.17 bits per heavy atom. The number of rotatable bonds is 10. The molecule has 0 radical (unpaired) electrons. The molecule has 1 aliphatic carbocycles. The lowest BCUT2D eigenvalue weighted by molar-refractivity contribution is -0.200. The molecular weight excluding hydrogens is 602 g/mol. The van der Waals surface area contributed by atoms with Gasteiger partial charge >= 0.3 is 0 Å². The van der Waals surface area contributed by atoms with Gasteiger partial charge < -0.3 is 41.2 Å². The third-order valence-corrected chi connectivity index (χ3v) is 9.28. The number of aromatic nitrogens is 1. The van der Waals surface area contributed by atoms with Crippen LogP contribution in [0.25, 0.3) is 6.08 Å². The molecule has 250 valence electrons. The van der Waals surface area contributed by atoms with Crippen molar-refractivity contribution >= 4 is 41.0 Å². The summed E-state index contributed by atoms with van der Waals surface area (Å²) in [6, 6.07) is 7.59. The van der Waals surface area contributed by atoms with Crippen molar-refractivity contribution in [2.24, 2.45) is 22.4 Å². The molecule has 0 atom stereocenters. The highest BCUT2D eigenvalue weighted by molar-refractivity contribution is 6.06. The van der Waals surface area contributed by atoms with E-state index in [4.69, 9.17) is 20.9 Å². The standard InChI is InChI=1S/C34H43N7O6/c1-2-8-40(10-11-42)31(43)22-12-21-3-4-25(15-28(21)39-29(36)14-22)34(6-7-34)33(45)38-26-13-23-18-41(9-5-27(23)37-17-26)32(44)24-19-46-30(16-35)47-20-24/h3-4,12-13,15,17,24,30,42H,2,5-11,14,16,18-20,35H2,1H3,(H2,36,39)(H,38,45). The summed E-state index contributed by atoms with van der Waals surface area (Å²) in [5.74, 6) is -0.400. The van der Waals surface area contributed by atoms with Gasteiger partial charge in [-0.15, -0.1) is 0 Å². The second-order valence-corrected chi connectivity index (χ2v) is 12.6. The van der Waals surface area contributed by atoms with E-state index in [1.807, 2.05) is 37.3 Å². The molecule has 0 unspecified atom stereocenters. The van der Waals surface area contributed by atoms with E-state index >= 15 is 0 Å². The van der Waals surface area contributed by atoms with Crippen LogP contribution in [0, 0.1) is 5.92 Å². The van der Waals surface area contributed by atoms with Crippen LogP contribution in [0.1, 0.15) is 55.0 Å². The summed E-state index contributed by atoms with van der Waals surface area (Å²) in [6.45, 7) is 4.41. The molecule has 2 fully saturated rings. The number of benzene rings is 1. The number of nitrogens with two attached hydrogens (primary N) is 2. The number of nitrogens with zero attached hydrogens (tertiary/aromatic N) is 4. The summed E-state index contributed by atoms with van der Waals surface area (Å²) < 4.78 is 11.1. The number of carbonyl (C=O) groups excluding carboxylic acids is 3. The molecule has 13 heteroatoms. The van der Waals surface area contributed by atoms with Crippen LogP contribution in [0.2, 0.25) is 0 Å². The maximum absolute atomic E-state index is 13.8. The van der Waals surface area contributed by atoms with Crippen LogP contribution >= 0.6 is 0 Å². The Labute approximate surface area is 274 Å². The number of amides is 3. The number of hydrogen-bond acceptors (Lipinski definition) is 10. The maximum atomic E-state index is 13.8. The van der Waals surface area contributed by atoms with E-state index in [-0.39, 0.29) is 63.0 Å². The summed E-state index contributed by atoms with van der Waals surface area (Å²) in [7, 11) is 0. The van der Waals surface area contributed by atoms with E-state index in [1.54, 1.807) is 16.0 Å². The fourth-order valence-electron chi connectivity index (χ4n) is 6.52. The van der Waals surface area contributed by atoms with Gasteiger partial charge in [-0.2, -0.15) is 0 Å². The number of aliphatic imine (C=N–C) groups is 1. The molecule has 3 amide bonds. The van der Waals surface area contributed by atoms with Crippen LogP contribution in [0.15, 0.2) is 41.0 Å². The average Bonchev–Trinajstić information content (AvgIpc) is 3.91. The van der Waals surface area contributed by atoms with Gasteiger partial charge in [0.05, 0.1) is 48.7 Å². The quantitative estimate of drug-likeness (QED) is 0.298.